The molecular formula is C27H34N4O3. The van der Waals surface area contributed by atoms with Crippen molar-refractivity contribution in [2.24, 2.45) is 5.92 Å². The van der Waals surface area contributed by atoms with Crippen LogP contribution in [0.5, 0.6) is 5.75 Å². The second-order valence-corrected chi connectivity index (χ2v) is 9.54. The van der Waals surface area contributed by atoms with E-state index >= 15 is 0 Å². The Morgan fingerprint density at radius 1 is 1.12 bits per heavy atom. The van der Waals surface area contributed by atoms with Gasteiger partial charge in [0.05, 0.1) is 24.6 Å². The normalized spacial score (nSPS) is 19.1. The van der Waals surface area contributed by atoms with Gasteiger partial charge in [0.15, 0.2) is 0 Å². The third-order valence-corrected chi connectivity index (χ3v) is 7.22. The highest BCUT2D eigenvalue weighted by Crippen LogP contribution is 2.42. The van der Waals surface area contributed by atoms with E-state index in [0.717, 1.165) is 57.7 Å². The Morgan fingerprint density at radius 3 is 2.47 bits per heavy atom. The summed E-state index contributed by atoms with van der Waals surface area (Å²) in [7, 11) is 1.67. The Kier molecular flexibility index (Phi) is 6.64. The molecule has 0 aliphatic heterocycles. The van der Waals surface area contributed by atoms with Crippen LogP contribution in [0.15, 0.2) is 24.3 Å². The summed E-state index contributed by atoms with van der Waals surface area (Å²) in [5, 5.41) is 13.9. The van der Waals surface area contributed by atoms with Gasteiger partial charge in [-0.1, -0.05) is 0 Å². The molecule has 4 N–H and O–H groups in total. The van der Waals surface area contributed by atoms with E-state index in [1.165, 1.54) is 5.56 Å². The van der Waals surface area contributed by atoms with E-state index < -0.39 is 5.97 Å². The number of hydrogen-bond acceptors (Lipinski definition) is 6. The predicted molar refractivity (Wildman–Crippen MR) is 136 cm³/mol. The van der Waals surface area contributed by atoms with Crippen LogP contribution >= 0.6 is 0 Å². The number of hydrogen-bond donors (Lipinski definition) is 3. The first-order valence-corrected chi connectivity index (χ1v) is 11.9. The Bertz CT molecular complexity index is 1230. The molecule has 0 saturated heterocycles. The summed E-state index contributed by atoms with van der Waals surface area (Å²) in [6.45, 7) is 8.19. The van der Waals surface area contributed by atoms with Gasteiger partial charge in [-0.3, -0.25) is 4.79 Å². The molecule has 1 saturated carbocycles. The zero-order valence-electron chi connectivity index (χ0n) is 20.6. The minimum atomic E-state index is -0.694. The summed E-state index contributed by atoms with van der Waals surface area (Å²) in [6.07, 6.45) is 3.02. The van der Waals surface area contributed by atoms with Crippen molar-refractivity contribution in [3.8, 4) is 5.75 Å². The average molecular weight is 463 g/mol. The SMILES string of the molecule is COc1cc2nc(C)nc(N[C@H](C)c3cc(N)cc(C)c3C)c2cc1C1CCC(C(=O)O)CC1. The van der Waals surface area contributed by atoms with Crippen molar-refractivity contribution in [2.75, 3.05) is 18.2 Å². The molecule has 34 heavy (non-hydrogen) atoms. The zero-order valence-corrected chi connectivity index (χ0v) is 20.6. The lowest BCUT2D eigenvalue weighted by Gasteiger charge is -2.28. The van der Waals surface area contributed by atoms with Gasteiger partial charge < -0.3 is 20.9 Å². The van der Waals surface area contributed by atoms with Gasteiger partial charge in [-0.15, -0.1) is 0 Å². The van der Waals surface area contributed by atoms with Crippen molar-refractivity contribution in [3.05, 3.63) is 52.3 Å². The van der Waals surface area contributed by atoms with Crippen LogP contribution in [0.25, 0.3) is 10.9 Å². The monoisotopic (exact) mass is 462 g/mol. The molecule has 0 unspecified atom stereocenters. The molecule has 4 rings (SSSR count). The van der Waals surface area contributed by atoms with E-state index in [1.54, 1.807) is 7.11 Å². The van der Waals surface area contributed by atoms with Crippen LogP contribution in [-0.2, 0) is 4.79 Å². The zero-order chi connectivity index (χ0) is 24.6. The fourth-order valence-corrected chi connectivity index (χ4v) is 5.19. The molecule has 1 atom stereocenters. The molecule has 1 aromatic heterocycles. The van der Waals surface area contributed by atoms with E-state index in [0.29, 0.717) is 18.7 Å². The summed E-state index contributed by atoms with van der Waals surface area (Å²) in [5.74, 6) is 1.56. The molecule has 0 amide bonds. The maximum Gasteiger partial charge on any atom is 0.306 e. The highest BCUT2D eigenvalue weighted by atomic mass is 16.5. The quantitative estimate of drug-likeness (QED) is 0.404. The second-order valence-electron chi connectivity index (χ2n) is 9.54. The molecule has 7 nitrogen and oxygen atoms in total. The standard InChI is InChI=1S/C27H34N4O3/c1-14-10-20(28)11-21(15(14)2)16(3)29-26-23-12-22(18-6-8-19(9-7-18)27(32)33)25(34-5)13-24(23)30-17(4)31-26/h10-13,16,18-19H,6-9,28H2,1-5H3,(H,32,33)(H,29,30,31)/t16-,18?,19?/m1/s1. The number of rotatable bonds is 6. The molecule has 180 valence electrons. The molecule has 1 heterocycles. The maximum atomic E-state index is 11.4. The topological polar surface area (TPSA) is 110 Å². The molecule has 3 aromatic rings. The van der Waals surface area contributed by atoms with Gasteiger partial charge in [-0.25, -0.2) is 9.97 Å². The van der Waals surface area contributed by atoms with Crippen LogP contribution in [0.4, 0.5) is 11.5 Å². The third kappa shape index (κ3) is 4.65. The summed E-state index contributed by atoms with van der Waals surface area (Å²) in [6, 6.07) is 8.12. The molecule has 7 heteroatoms. The first-order valence-electron chi connectivity index (χ1n) is 11.9. The largest absolute Gasteiger partial charge is 0.496 e. The van der Waals surface area contributed by atoms with E-state index in [4.69, 9.17) is 15.5 Å². The number of anilines is 2. The Labute approximate surface area is 200 Å². The molecule has 0 bridgehead atoms. The first-order chi connectivity index (χ1) is 16.2. The summed E-state index contributed by atoms with van der Waals surface area (Å²) in [4.78, 5) is 20.8. The number of methoxy groups -OCH3 is 1. The minimum Gasteiger partial charge on any atom is -0.496 e. The molecule has 2 aromatic carbocycles. The maximum absolute atomic E-state index is 11.4. The molecule has 1 aliphatic carbocycles. The number of aromatic nitrogens is 2. The molecular weight excluding hydrogens is 428 g/mol. The van der Waals surface area contributed by atoms with E-state index in [9.17, 15) is 9.90 Å². The van der Waals surface area contributed by atoms with Crippen molar-refractivity contribution in [1.82, 2.24) is 9.97 Å². The number of fused-ring (bicyclic) bond motifs is 1. The van der Waals surface area contributed by atoms with Crippen molar-refractivity contribution in [1.29, 1.82) is 0 Å². The fourth-order valence-electron chi connectivity index (χ4n) is 5.19. The van der Waals surface area contributed by atoms with E-state index in [-0.39, 0.29) is 17.9 Å². The van der Waals surface area contributed by atoms with Crippen molar-refractivity contribution < 1.29 is 14.6 Å². The van der Waals surface area contributed by atoms with Gasteiger partial charge in [-0.05, 0) is 99.7 Å². The van der Waals surface area contributed by atoms with E-state index in [1.807, 2.05) is 25.1 Å². The van der Waals surface area contributed by atoms with Crippen LogP contribution in [-0.4, -0.2) is 28.2 Å². The van der Waals surface area contributed by atoms with Crippen molar-refractivity contribution in [3.63, 3.8) is 0 Å². The first kappa shape index (κ1) is 23.8. The number of carbonyl (C=O) groups is 1. The van der Waals surface area contributed by atoms with Crippen LogP contribution < -0.4 is 15.8 Å². The summed E-state index contributed by atoms with van der Waals surface area (Å²) < 4.78 is 5.74. The average Bonchev–Trinajstić information content (AvgIpc) is 2.80. The molecule has 0 radical (unpaired) electrons. The number of nitrogen functional groups attached to an aromatic ring is 1. The van der Waals surface area contributed by atoms with Crippen LogP contribution in [0, 0.1) is 26.7 Å². The number of aliphatic carboxylic acids is 1. The Morgan fingerprint density at radius 2 is 1.82 bits per heavy atom. The number of ether oxygens (including phenoxy) is 1. The minimum absolute atomic E-state index is 0.00347. The Hall–Kier alpha value is -3.35. The Balaban J connectivity index is 1.73. The number of benzene rings is 2. The van der Waals surface area contributed by atoms with Gasteiger partial charge in [-0.2, -0.15) is 0 Å². The van der Waals surface area contributed by atoms with Crippen LogP contribution in [0.1, 0.15) is 72.6 Å². The number of aryl methyl sites for hydroxylation is 2. The lowest BCUT2D eigenvalue weighted by atomic mass is 9.78. The lowest BCUT2D eigenvalue weighted by Crippen LogP contribution is -2.20. The number of carboxylic acid groups (broad SMARTS) is 1. The highest BCUT2D eigenvalue weighted by Gasteiger charge is 2.29. The second kappa shape index (κ2) is 9.49. The fraction of sp³-hybridized carbons (Fsp3) is 0.444. The third-order valence-electron chi connectivity index (χ3n) is 7.22. The lowest BCUT2D eigenvalue weighted by molar-refractivity contribution is -0.142. The summed E-state index contributed by atoms with van der Waals surface area (Å²) >= 11 is 0. The van der Waals surface area contributed by atoms with E-state index in [2.05, 4.69) is 37.1 Å². The number of nitrogens with one attached hydrogen (secondary N) is 1. The van der Waals surface area contributed by atoms with Crippen LogP contribution in [0.2, 0.25) is 0 Å². The van der Waals surface area contributed by atoms with Crippen molar-refractivity contribution >= 4 is 28.4 Å². The number of nitrogens with zero attached hydrogens (tertiary/aromatic N) is 2. The van der Waals surface area contributed by atoms with Gasteiger partial charge in [0.2, 0.25) is 0 Å². The predicted octanol–water partition coefficient (Wildman–Crippen LogP) is 5.68. The van der Waals surface area contributed by atoms with Gasteiger partial charge in [0.1, 0.15) is 17.4 Å². The van der Waals surface area contributed by atoms with Gasteiger partial charge in [0.25, 0.3) is 0 Å². The molecule has 0 spiro atoms. The molecule has 1 aliphatic rings. The summed E-state index contributed by atoms with van der Waals surface area (Å²) in [5.41, 5.74) is 12.3. The van der Waals surface area contributed by atoms with Crippen LogP contribution in [0.3, 0.4) is 0 Å². The highest BCUT2D eigenvalue weighted by molar-refractivity contribution is 5.91. The van der Waals surface area contributed by atoms with Gasteiger partial charge >= 0.3 is 5.97 Å². The van der Waals surface area contributed by atoms with Gasteiger partial charge in [0, 0.05) is 17.1 Å². The smallest absolute Gasteiger partial charge is 0.306 e. The van der Waals surface area contributed by atoms with Crippen molar-refractivity contribution in [2.45, 2.75) is 65.3 Å². The molecule has 1 fully saturated rings. The number of carboxylic acids is 1. The number of nitrogens with two attached hydrogens (primary N) is 1.